The Kier molecular flexibility index (Phi) is 3.82. The predicted octanol–water partition coefficient (Wildman–Crippen LogP) is 3.02. The zero-order chi connectivity index (χ0) is 15.1. The number of halogens is 2. The molecule has 0 saturated carbocycles. The molecule has 1 heterocycles. The fourth-order valence-electron chi connectivity index (χ4n) is 2.82. The quantitative estimate of drug-likeness (QED) is 0.906. The summed E-state index contributed by atoms with van der Waals surface area (Å²) in [7, 11) is 0. The van der Waals surface area contributed by atoms with Crippen LogP contribution < -0.4 is 5.73 Å². The number of benzene rings is 1. The average Bonchev–Trinajstić information content (AvgIpc) is 2.64. The molecular weight excluding hydrogens is 262 g/mol. The van der Waals surface area contributed by atoms with E-state index in [1.165, 1.54) is 12.1 Å². The molecule has 1 aliphatic heterocycles. The third-order valence-corrected chi connectivity index (χ3v) is 3.59. The van der Waals surface area contributed by atoms with Gasteiger partial charge in [0.1, 0.15) is 0 Å². The van der Waals surface area contributed by atoms with Crippen molar-refractivity contribution in [2.75, 3.05) is 0 Å². The lowest BCUT2D eigenvalue weighted by molar-refractivity contribution is -0.133. The minimum atomic E-state index is -2.52. The number of carbonyl (C=O) groups is 1. The Morgan fingerprint density at radius 1 is 1.35 bits per heavy atom. The smallest absolute Gasteiger partial charge is 0.263 e. The fraction of sp³-hybridized carbons (Fsp3) is 0.533. The summed E-state index contributed by atoms with van der Waals surface area (Å²) in [5, 5.41) is 0. The van der Waals surface area contributed by atoms with Crippen LogP contribution in [0.3, 0.4) is 0 Å². The van der Waals surface area contributed by atoms with Crippen LogP contribution in [0.15, 0.2) is 24.3 Å². The number of nitrogens with two attached hydrogens (primary N) is 1. The van der Waals surface area contributed by atoms with Crippen LogP contribution in [0, 0.1) is 0 Å². The van der Waals surface area contributed by atoms with Gasteiger partial charge in [-0.15, -0.1) is 0 Å². The molecule has 0 radical (unpaired) electrons. The summed E-state index contributed by atoms with van der Waals surface area (Å²) < 4.78 is 25.7. The number of hydrogen-bond donors (Lipinski definition) is 1. The van der Waals surface area contributed by atoms with Crippen molar-refractivity contribution in [3.05, 3.63) is 35.4 Å². The van der Waals surface area contributed by atoms with Crippen LogP contribution in [-0.2, 0) is 4.79 Å². The molecule has 1 amide bonds. The summed E-state index contributed by atoms with van der Waals surface area (Å²) in [6.07, 6.45) is -2.27. The molecule has 5 heteroatoms. The van der Waals surface area contributed by atoms with E-state index in [1.54, 1.807) is 17.0 Å². The van der Waals surface area contributed by atoms with Crippen LogP contribution in [0.5, 0.6) is 0 Å². The fourth-order valence-corrected chi connectivity index (χ4v) is 2.82. The second kappa shape index (κ2) is 5.13. The van der Waals surface area contributed by atoms with Crippen LogP contribution in [0.25, 0.3) is 0 Å². The zero-order valence-electron chi connectivity index (χ0n) is 11.9. The number of likely N-dealkylation sites (tertiary alicyclic amines) is 1. The van der Waals surface area contributed by atoms with Crippen molar-refractivity contribution in [2.24, 2.45) is 5.73 Å². The Morgan fingerprint density at radius 3 is 2.55 bits per heavy atom. The van der Waals surface area contributed by atoms with Crippen molar-refractivity contribution in [3.63, 3.8) is 0 Å². The van der Waals surface area contributed by atoms with E-state index >= 15 is 0 Å². The van der Waals surface area contributed by atoms with Crippen LogP contribution in [0.1, 0.15) is 50.8 Å². The molecule has 1 aromatic rings. The van der Waals surface area contributed by atoms with E-state index < -0.39 is 12.0 Å². The molecule has 2 atom stereocenters. The molecule has 1 aliphatic rings. The van der Waals surface area contributed by atoms with E-state index in [4.69, 9.17) is 5.73 Å². The molecule has 1 saturated heterocycles. The zero-order valence-corrected chi connectivity index (χ0v) is 11.9. The summed E-state index contributed by atoms with van der Waals surface area (Å²) >= 11 is 0. The highest BCUT2D eigenvalue weighted by molar-refractivity contribution is 5.81. The molecule has 1 fully saturated rings. The highest BCUT2D eigenvalue weighted by Crippen LogP contribution is 2.38. The largest absolute Gasteiger partial charge is 0.329 e. The van der Waals surface area contributed by atoms with Crippen LogP contribution >= 0.6 is 0 Å². The molecule has 2 rings (SSSR count). The van der Waals surface area contributed by atoms with E-state index in [1.807, 2.05) is 20.8 Å². The molecule has 0 spiro atoms. The average molecular weight is 282 g/mol. The van der Waals surface area contributed by atoms with Gasteiger partial charge in [-0.25, -0.2) is 8.78 Å². The molecule has 3 nitrogen and oxygen atoms in total. The van der Waals surface area contributed by atoms with E-state index in [0.717, 1.165) is 0 Å². The first-order valence-corrected chi connectivity index (χ1v) is 6.67. The maximum atomic E-state index is 12.8. The van der Waals surface area contributed by atoms with Crippen molar-refractivity contribution in [1.82, 2.24) is 4.90 Å². The van der Waals surface area contributed by atoms with Gasteiger partial charge in [0.05, 0.1) is 6.04 Å². The van der Waals surface area contributed by atoms with Gasteiger partial charge in [0.25, 0.3) is 6.43 Å². The predicted molar refractivity (Wildman–Crippen MR) is 73.3 cm³/mol. The van der Waals surface area contributed by atoms with Gasteiger partial charge in [0.2, 0.25) is 5.91 Å². The van der Waals surface area contributed by atoms with Crippen molar-refractivity contribution in [2.45, 2.75) is 51.2 Å². The van der Waals surface area contributed by atoms with Gasteiger partial charge in [-0.1, -0.05) is 18.2 Å². The number of alkyl halides is 2. The molecule has 1 aromatic carbocycles. The second-order valence-corrected chi connectivity index (χ2v) is 6.22. The lowest BCUT2D eigenvalue weighted by Crippen LogP contribution is -2.45. The number of nitrogens with zero attached hydrogens (tertiary/aromatic N) is 1. The maximum Gasteiger partial charge on any atom is 0.263 e. The topological polar surface area (TPSA) is 46.3 Å². The third kappa shape index (κ3) is 2.68. The van der Waals surface area contributed by atoms with Gasteiger partial charge in [-0.3, -0.25) is 4.79 Å². The lowest BCUT2D eigenvalue weighted by Gasteiger charge is -2.38. The van der Waals surface area contributed by atoms with E-state index in [0.29, 0.717) is 5.56 Å². The Hall–Kier alpha value is -1.49. The van der Waals surface area contributed by atoms with Gasteiger partial charge in [0, 0.05) is 23.6 Å². The molecule has 2 unspecified atom stereocenters. The molecule has 2 N–H and O–H groups in total. The third-order valence-electron chi connectivity index (χ3n) is 3.59. The van der Waals surface area contributed by atoms with Crippen LogP contribution in [0.4, 0.5) is 8.78 Å². The van der Waals surface area contributed by atoms with Gasteiger partial charge >= 0.3 is 0 Å². The molecule has 0 bridgehead atoms. The number of amides is 1. The van der Waals surface area contributed by atoms with E-state index in [2.05, 4.69) is 0 Å². The Bertz CT molecular complexity index is 511. The first-order valence-electron chi connectivity index (χ1n) is 6.67. The maximum absolute atomic E-state index is 12.8. The minimum Gasteiger partial charge on any atom is -0.329 e. The van der Waals surface area contributed by atoms with Crippen molar-refractivity contribution in [1.29, 1.82) is 0 Å². The van der Waals surface area contributed by atoms with Gasteiger partial charge < -0.3 is 10.6 Å². The Balaban J connectivity index is 2.43. The van der Waals surface area contributed by atoms with Crippen molar-refractivity contribution in [3.8, 4) is 0 Å². The molecule has 0 aliphatic carbocycles. The summed E-state index contributed by atoms with van der Waals surface area (Å²) in [4.78, 5) is 13.8. The summed E-state index contributed by atoms with van der Waals surface area (Å²) in [5.74, 6) is -0.0301. The number of carbonyl (C=O) groups excluding carboxylic acids is 1. The van der Waals surface area contributed by atoms with Crippen LogP contribution in [0.2, 0.25) is 0 Å². The van der Waals surface area contributed by atoms with Crippen molar-refractivity contribution >= 4 is 5.91 Å². The summed E-state index contributed by atoms with van der Waals surface area (Å²) in [6.45, 7) is 5.77. The van der Waals surface area contributed by atoms with Gasteiger partial charge in [0.15, 0.2) is 0 Å². The Labute approximate surface area is 117 Å². The number of hydrogen-bond acceptors (Lipinski definition) is 2. The van der Waals surface area contributed by atoms with E-state index in [-0.39, 0.29) is 30.0 Å². The van der Waals surface area contributed by atoms with Crippen LogP contribution in [-0.4, -0.2) is 22.4 Å². The molecule has 0 aromatic heterocycles. The first-order chi connectivity index (χ1) is 9.21. The monoisotopic (exact) mass is 282 g/mol. The lowest BCUT2D eigenvalue weighted by atomic mass is 9.95. The highest BCUT2D eigenvalue weighted by atomic mass is 19.3. The standard InChI is InChI=1S/C15H20F2N2O/c1-15(2,3)19-12(20)8-11(18)13(19)9-5-4-6-10(7-9)14(16)17/h4-7,11,13-14H,8,18H2,1-3H3. The number of rotatable bonds is 2. The molecule has 110 valence electrons. The molecule has 20 heavy (non-hydrogen) atoms. The van der Waals surface area contributed by atoms with Gasteiger partial charge in [-0.2, -0.15) is 0 Å². The summed E-state index contributed by atoms with van der Waals surface area (Å²) in [5.41, 5.74) is 6.31. The van der Waals surface area contributed by atoms with Crippen molar-refractivity contribution < 1.29 is 13.6 Å². The SMILES string of the molecule is CC(C)(C)N1C(=O)CC(N)C1c1cccc(C(F)F)c1. The summed E-state index contributed by atoms with van der Waals surface area (Å²) in [6, 6.07) is 5.47. The highest BCUT2D eigenvalue weighted by Gasteiger charge is 2.43. The van der Waals surface area contributed by atoms with Gasteiger partial charge in [-0.05, 0) is 32.4 Å². The second-order valence-electron chi connectivity index (χ2n) is 6.22. The first kappa shape index (κ1) is 14.9. The minimum absolute atomic E-state index is 0.0301. The Morgan fingerprint density at radius 2 is 2.00 bits per heavy atom. The normalized spacial score (nSPS) is 23.8. The van der Waals surface area contributed by atoms with E-state index in [9.17, 15) is 13.6 Å². The molecular formula is C15H20F2N2O.